The molecule has 0 radical (unpaired) electrons. The monoisotopic (exact) mass is 263 g/mol. The van der Waals surface area contributed by atoms with Gasteiger partial charge in [-0.1, -0.05) is 0 Å². The van der Waals surface area contributed by atoms with E-state index >= 15 is 0 Å². The van der Waals surface area contributed by atoms with E-state index in [0.717, 1.165) is 0 Å². The smallest absolute Gasteiger partial charge is 0.427 e. The molecule has 1 fully saturated rings. The maximum absolute atomic E-state index is 11.4. The van der Waals surface area contributed by atoms with Gasteiger partial charge in [-0.2, -0.15) is 0 Å². The molecule has 0 aromatic rings. The minimum Gasteiger partial charge on any atom is -0.427 e. The highest BCUT2D eigenvalue weighted by Crippen LogP contribution is 2.16. The van der Waals surface area contributed by atoms with Crippen molar-refractivity contribution >= 4 is 6.16 Å². The van der Waals surface area contributed by atoms with Crippen LogP contribution in [0.25, 0.3) is 0 Å². The molecule has 2 atom stereocenters. The number of hydrogen-bond donors (Lipinski definition) is 2. The van der Waals surface area contributed by atoms with Crippen LogP contribution in [0.15, 0.2) is 0 Å². The summed E-state index contributed by atoms with van der Waals surface area (Å²) in [5.74, 6) is 0. The minimum absolute atomic E-state index is 0.115. The first-order chi connectivity index (χ1) is 8.31. The third-order valence-corrected chi connectivity index (χ3v) is 2.22. The molecule has 1 rings (SSSR count). The van der Waals surface area contributed by atoms with Crippen molar-refractivity contribution in [2.45, 2.75) is 38.6 Å². The molecule has 0 aromatic heterocycles. The van der Waals surface area contributed by atoms with Crippen molar-refractivity contribution in [2.24, 2.45) is 0 Å². The van der Waals surface area contributed by atoms with Gasteiger partial charge in [0.25, 0.3) is 0 Å². The fraction of sp³-hybridized carbons (Fsp3) is 0.909. The molecule has 0 saturated carbocycles. The van der Waals surface area contributed by atoms with Gasteiger partial charge >= 0.3 is 6.16 Å². The predicted molar refractivity (Wildman–Crippen MR) is 61.7 cm³/mol. The van der Waals surface area contributed by atoms with Crippen LogP contribution in [-0.2, 0) is 14.3 Å². The summed E-state index contributed by atoms with van der Waals surface area (Å²) in [6, 6.07) is 0. The second-order valence-corrected chi connectivity index (χ2v) is 5.10. The summed E-state index contributed by atoms with van der Waals surface area (Å²) in [6.45, 7) is 5.65. The lowest BCUT2D eigenvalue weighted by molar-refractivity contribution is -0.136. The maximum Gasteiger partial charge on any atom is 0.528 e. The number of β-amino-alcohol motifs (C(OH)–C–C–N with tert-alkyl or cyclic N) is 1. The maximum atomic E-state index is 11.4. The zero-order chi connectivity index (χ0) is 13.8. The molecular weight excluding hydrogens is 242 g/mol. The predicted octanol–water partition coefficient (Wildman–Crippen LogP) is -0.0929. The van der Waals surface area contributed by atoms with Crippen LogP contribution in [0.1, 0.15) is 20.8 Å². The molecule has 1 aliphatic heterocycles. The van der Waals surface area contributed by atoms with E-state index in [2.05, 4.69) is 0 Å². The van der Waals surface area contributed by atoms with Gasteiger partial charge in [0.2, 0.25) is 0 Å². The summed E-state index contributed by atoms with van der Waals surface area (Å²) in [6.07, 6.45) is -2.03. The lowest BCUT2D eigenvalue weighted by atomic mass is 10.2. The summed E-state index contributed by atoms with van der Waals surface area (Å²) < 4.78 is 10.2. The third kappa shape index (κ3) is 5.18. The molecule has 0 aliphatic carbocycles. The first-order valence-corrected chi connectivity index (χ1v) is 5.88. The highest BCUT2D eigenvalue weighted by molar-refractivity contribution is 5.60. The zero-order valence-corrected chi connectivity index (χ0v) is 11.0. The van der Waals surface area contributed by atoms with E-state index < -0.39 is 24.0 Å². The van der Waals surface area contributed by atoms with Crippen LogP contribution in [-0.4, -0.2) is 65.5 Å². The van der Waals surface area contributed by atoms with Crippen LogP contribution < -0.4 is 0 Å². The fourth-order valence-electron chi connectivity index (χ4n) is 1.54. The van der Waals surface area contributed by atoms with Gasteiger partial charge in [-0.05, 0) is 20.8 Å². The molecule has 0 spiro atoms. The van der Waals surface area contributed by atoms with E-state index in [9.17, 15) is 9.90 Å². The van der Waals surface area contributed by atoms with Crippen LogP contribution >= 0.6 is 0 Å². The minimum atomic E-state index is -0.808. The van der Waals surface area contributed by atoms with E-state index in [1.807, 2.05) is 0 Å². The zero-order valence-electron chi connectivity index (χ0n) is 11.0. The Morgan fingerprint density at radius 3 is 2.61 bits per heavy atom. The SMILES string of the molecule is CC(C)(C)OC(=O)ON1C[C@H](OCCO)[C@@H](O)C1. The Kier molecular flexibility index (Phi) is 5.33. The van der Waals surface area contributed by atoms with Crippen molar-refractivity contribution in [1.29, 1.82) is 0 Å². The van der Waals surface area contributed by atoms with Gasteiger partial charge in [-0.25, -0.2) is 4.79 Å². The Morgan fingerprint density at radius 2 is 2.06 bits per heavy atom. The largest absolute Gasteiger partial charge is 0.528 e. The Morgan fingerprint density at radius 1 is 1.39 bits per heavy atom. The summed E-state index contributed by atoms with van der Waals surface area (Å²) in [7, 11) is 0. The van der Waals surface area contributed by atoms with Crippen molar-refractivity contribution < 1.29 is 29.3 Å². The van der Waals surface area contributed by atoms with Crippen LogP contribution in [0, 0.1) is 0 Å². The van der Waals surface area contributed by atoms with Gasteiger partial charge in [-0.15, -0.1) is 5.06 Å². The van der Waals surface area contributed by atoms with Crippen molar-refractivity contribution in [3.05, 3.63) is 0 Å². The average molecular weight is 263 g/mol. The van der Waals surface area contributed by atoms with Crippen molar-refractivity contribution in [2.75, 3.05) is 26.3 Å². The number of aliphatic hydroxyl groups is 2. The van der Waals surface area contributed by atoms with Gasteiger partial charge < -0.3 is 24.5 Å². The lowest BCUT2D eigenvalue weighted by Crippen LogP contribution is -2.31. The number of aliphatic hydroxyl groups excluding tert-OH is 2. The fourth-order valence-corrected chi connectivity index (χ4v) is 1.54. The Hall–Kier alpha value is -0.890. The molecule has 1 heterocycles. The van der Waals surface area contributed by atoms with E-state index in [-0.39, 0.29) is 26.3 Å². The summed E-state index contributed by atoms with van der Waals surface area (Å²) >= 11 is 0. The van der Waals surface area contributed by atoms with E-state index in [1.54, 1.807) is 20.8 Å². The van der Waals surface area contributed by atoms with Gasteiger partial charge in [0, 0.05) is 0 Å². The number of ether oxygens (including phenoxy) is 2. The average Bonchev–Trinajstić information content (AvgIpc) is 2.52. The van der Waals surface area contributed by atoms with Crippen molar-refractivity contribution in [3.8, 4) is 0 Å². The summed E-state index contributed by atoms with van der Waals surface area (Å²) in [4.78, 5) is 16.3. The first-order valence-electron chi connectivity index (χ1n) is 5.88. The lowest BCUT2D eigenvalue weighted by Gasteiger charge is -2.21. The number of rotatable bonds is 4. The van der Waals surface area contributed by atoms with Crippen LogP contribution in [0.5, 0.6) is 0 Å². The Balaban J connectivity index is 2.35. The molecule has 0 amide bonds. The number of carbonyl (C=O) groups is 1. The number of hydroxylamine groups is 2. The standard InChI is InChI=1S/C11H21NO6/c1-11(2,3)17-10(15)18-12-6-8(14)9(7-12)16-5-4-13/h8-9,13-14H,4-7H2,1-3H3/t8-,9-/m0/s1. The van der Waals surface area contributed by atoms with Gasteiger partial charge in [0.05, 0.1) is 32.4 Å². The molecule has 0 bridgehead atoms. The normalized spacial score (nSPS) is 25.2. The molecule has 18 heavy (non-hydrogen) atoms. The van der Waals surface area contributed by atoms with Crippen LogP contribution in [0.4, 0.5) is 4.79 Å². The number of carbonyl (C=O) groups excluding carboxylic acids is 1. The van der Waals surface area contributed by atoms with Crippen LogP contribution in [0.3, 0.4) is 0 Å². The van der Waals surface area contributed by atoms with E-state index in [0.29, 0.717) is 0 Å². The highest BCUT2D eigenvalue weighted by Gasteiger charge is 2.35. The first kappa shape index (κ1) is 15.2. The van der Waals surface area contributed by atoms with E-state index in [1.165, 1.54) is 5.06 Å². The van der Waals surface area contributed by atoms with E-state index in [4.69, 9.17) is 19.4 Å². The molecule has 7 nitrogen and oxygen atoms in total. The topological polar surface area (TPSA) is 88.5 Å². The molecular formula is C11H21NO6. The van der Waals surface area contributed by atoms with Gasteiger partial charge in [0.15, 0.2) is 0 Å². The molecule has 7 heteroatoms. The summed E-state index contributed by atoms with van der Waals surface area (Å²) in [5.41, 5.74) is -0.623. The second-order valence-electron chi connectivity index (χ2n) is 5.10. The number of nitrogens with zero attached hydrogens (tertiary/aromatic N) is 1. The molecule has 0 aromatic carbocycles. The van der Waals surface area contributed by atoms with Gasteiger partial charge in [0.1, 0.15) is 11.7 Å². The van der Waals surface area contributed by atoms with Crippen LogP contribution in [0.2, 0.25) is 0 Å². The Labute approximate surface area is 106 Å². The molecule has 2 N–H and O–H groups in total. The van der Waals surface area contributed by atoms with Crippen molar-refractivity contribution in [1.82, 2.24) is 5.06 Å². The molecule has 106 valence electrons. The quantitative estimate of drug-likeness (QED) is 0.685. The summed E-state index contributed by atoms with van der Waals surface area (Å²) in [5, 5.41) is 19.6. The molecule has 1 saturated heterocycles. The molecule has 0 unspecified atom stereocenters. The Bertz CT molecular complexity index is 277. The van der Waals surface area contributed by atoms with Crippen molar-refractivity contribution in [3.63, 3.8) is 0 Å². The third-order valence-electron chi connectivity index (χ3n) is 2.22. The second kappa shape index (κ2) is 6.33. The number of hydrogen-bond acceptors (Lipinski definition) is 7. The highest BCUT2D eigenvalue weighted by atomic mass is 16.8. The molecule has 1 aliphatic rings. The van der Waals surface area contributed by atoms with Gasteiger partial charge in [-0.3, -0.25) is 0 Å².